The second kappa shape index (κ2) is 6.68. The SMILES string of the molecule is O=C1C[C@H]2C(=O)N(c3ccccc3)C=Nc3nc(N4CCOCC4)nc(c32)N1. The number of nitrogens with zero attached hydrogens (tertiary/aromatic N) is 5. The van der Waals surface area contributed by atoms with E-state index in [0.717, 1.165) is 0 Å². The van der Waals surface area contributed by atoms with Crippen LogP contribution in [0, 0.1) is 0 Å². The van der Waals surface area contributed by atoms with Gasteiger partial charge in [-0.25, -0.2) is 4.99 Å². The first-order valence-electron chi connectivity index (χ1n) is 9.17. The Hall–Kier alpha value is -3.33. The van der Waals surface area contributed by atoms with Crippen LogP contribution < -0.4 is 15.1 Å². The smallest absolute Gasteiger partial charge is 0.240 e. The van der Waals surface area contributed by atoms with Crippen molar-refractivity contribution >= 4 is 41.4 Å². The summed E-state index contributed by atoms with van der Waals surface area (Å²) in [5.41, 5.74) is 1.27. The van der Waals surface area contributed by atoms with Crippen LogP contribution in [-0.4, -0.2) is 54.4 Å². The highest BCUT2D eigenvalue weighted by atomic mass is 16.5. The summed E-state index contributed by atoms with van der Waals surface area (Å²) < 4.78 is 5.38. The Morgan fingerprint density at radius 1 is 1.07 bits per heavy atom. The highest BCUT2D eigenvalue weighted by Crippen LogP contribution is 2.41. The van der Waals surface area contributed by atoms with Gasteiger partial charge in [0.25, 0.3) is 0 Å². The molecule has 1 atom stereocenters. The Morgan fingerprint density at radius 2 is 1.86 bits per heavy atom. The minimum absolute atomic E-state index is 0.0474. The topological polar surface area (TPSA) is 100 Å². The number of hydrogen-bond donors (Lipinski definition) is 1. The summed E-state index contributed by atoms with van der Waals surface area (Å²) in [6.45, 7) is 2.51. The molecular weight excluding hydrogens is 360 g/mol. The van der Waals surface area contributed by atoms with Crippen LogP contribution in [0.2, 0.25) is 0 Å². The van der Waals surface area contributed by atoms with E-state index in [0.29, 0.717) is 55.1 Å². The van der Waals surface area contributed by atoms with Crippen LogP contribution in [-0.2, 0) is 14.3 Å². The van der Waals surface area contributed by atoms with Crippen molar-refractivity contribution in [1.82, 2.24) is 9.97 Å². The molecule has 0 unspecified atom stereocenters. The third-order valence-corrected chi connectivity index (χ3v) is 5.07. The van der Waals surface area contributed by atoms with Gasteiger partial charge >= 0.3 is 0 Å². The van der Waals surface area contributed by atoms with Crippen molar-refractivity contribution in [2.24, 2.45) is 4.99 Å². The van der Waals surface area contributed by atoms with Crippen LogP contribution >= 0.6 is 0 Å². The molecule has 142 valence electrons. The van der Waals surface area contributed by atoms with Crippen molar-refractivity contribution in [3.8, 4) is 0 Å². The maximum atomic E-state index is 13.2. The molecule has 2 aromatic rings. The molecule has 9 nitrogen and oxygen atoms in total. The van der Waals surface area contributed by atoms with Gasteiger partial charge in [0.05, 0.1) is 24.7 Å². The number of ether oxygens (including phenoxy) is 1. The van der Waals surface area contributed by atoms with Crippen LogP contribution in [0.25, 0.3) is 0 Å². The first kappa shape index (κ1) is 16.8. The van der Waals surface area contributed by atoms with Gasteiger partial charge in [0.2, 0.25) is 17.8 Å². The standard InChI is InChI=1S/C19H18N6O3/c26-14-10-13-15-16(20-11-25(18(13)27)12-4-2-1-3-5-12)22-19(23-17(15)21-14)24-6-8-28-9-7-24/h1-5,11,13H,6-10H2,(H,21,22,23,26)/t13-/m1/s1. The molecule has 1 N–H and O–H groups in total. The number of rotatable bonds is 2. The van der Waals surface area contributed by atoms with Crippen LogP contribution in [0.4, 0.5) is 23.3 Å². The number of hydrogen-bond acceptors (Lipinski definition) is 7. The van der Waals surface area contributed by atoms with E-state index in [1.165, 1.54) is 11.2 Å². The number of aromatic nitrogens is 2. The second-order valence-electron chi connectivity index (χ2n) is 6.80. The molecule has 0 radical (unpaired) electrons. The molecule has 4 heterocycles. The van der Waals surface area contributed by atoms with Gasteiger partial charge in [-0.05, 0) is 12.1 Å². The zero-order valence-electron chi connectivity index (χ0n) is 15.0. The largest absolute Gasteiger partial charge is 0.378 e. The number of morpholine rings is 1. The fraction of sp³-hybridized carbons (Fsp3) is 0.316. The lowest BCUT2D eigenvalue weighted by atomic mass is 9.91. The summed E-state index contributed by atoms with van der Waals surface area (Å²) in [6, 6.07) is 9.24. The van der Waals surface area contributed by atoms with Gasteiger partial charge in [-0.2, -0.15) is 9.97 Å². The van der Waals surface area contributed by atoms with Gasteiger partial charge in [0.15, 0.2) is 5.82 Å². The zero-order chi connectivity index (χ0) is 19.1. The van der Waals surface area contributed by atoms with Crippen LogP contribution in [0.5, 0.6) is 0 Å². The van der Waals surface area contributed by atoms with E-state index in [-0.39, 0.29) is 18.2 Å². The average Bonchev–Trinajstić information content (AvgIpc) is 2.87. The lowest BCUT2D eigenvalue weighted by Gasteiger charge is -2.30. The summed E-state index contributed by atoms with van der Waals surface area (Å²) in [7, 11) is 0. The molecule has 28 heavy (non-hydrogen) atoms. The van der Waals surface area contributed by atoms with Gasteiger partial charge in [-0.3, -0.25) is 14.5 Å². The highest BCUT2D eigenvalue weighted by Gasteiger charge is 2.39. The van der Waals surface area contributed by atoms with Crippen LogP contribution in [0.15, 0.2) is 35.3 Å². The Morgan fingerprint density at radius 3 is 2.64 bits per heavy atom. The number of amides is 2. The predicted molar refractivity (Wildman–Crippen MR) is 103 cm³/mol. The summed E-state index contributed by atoms with van der Waals surface area (Å²) in [6.07, 6.45) is 1.53. The van der Waals surface area contributed by atoms with Gasteiger partial charge in [0.1, 0.15) is 12.2 Å². The lowest BCUT2D eigenvalue weighted by molar-refractivity contribution is -0.123. The highest BCUT2D eigenvalue weighted by molar-refractivity contribution is 6.16. The zero-order valence-corrected chi connectivity index (χ0v) is 15.0. The van der Waals surface area contributed by atoms with E-state index in [1.54, 1.807) is 0 Å². The first-order chi connectivity index (χ1) is 13.7. The normalized spacial score (nSPS) is 21.2. The minimum atomic E-state index is -0.666. The van der Waals surface area contributed by atoms with Crippen molar-refractivity contribution in [3.05, 3.63) is 35.9 Å². The second-order valence-corrected chi connectivity index (χ2v) is 6.80. The summed E-state index contributed by atoms with van der Waals surface area (Å²) in [4.78, 5) is 42.6. The molecule has 5 rings (SSSR count). The van der Waals surface area contributed by atoms with Crippen molar-refractivity contribution in [3.63, 3.8) is 0 Å². The van der Waals surface area contributed by atoms with Crippen molar-refractivity contribution in [2.75, 3.05) is 41.4 Å². The molecule has 1 aromatic heterocycles. The number of carbonyl (C=O) groups is 2. The molecule has 3 aliphatic rings. The molecular formula is C19H18N6O3. The molecule has 1 saturated heterocycles. The van der Waals surface area contributed by atoms with Gasteiger partial charge in [-0.1, -0.05) is 18.2 Å². The van der Waals surface area contributed by atoms with E-state index in [4.69, 9.17) is 4.74 Å². The van der Waals surface area contributed by atoms with E-state index in [1.807, 2.05) is 35.2 Å². The first-order valence-corrected chi connectivity index (χ1v) is 9.17. The third-order valence-electron chi connectivity index (χ3n) is 5.07. The molecule has 9 heteroatoms. The Balaban J connectivity index is 1.62. The number of benzene rings is 1. The number of carbonyl (C=O) groups excluding carboxylic acids is 2. The molecule has 0 spiro atoms. The molecule has 3 aliphatic heterocycles. The lowest BCUT2D eigenvalue weighted by Crippen LogP contribution is -2.39. The third kappa shape index (κ3) is 2.80. The maximum absolute atomic E-state index is 13.2. The van der Waals surface area contributed by atoms with Crippen molar-refractivity contribution < 1.29 is 14.3 Å². The minimum Gasteiger partial charge on any atom is -0.378 e. The Bertz CT molecular complexity index is 971. The maximum Gasteiger partial charge on any atom is 0.240 e. The fourth-order valence-corrected chi connectivity index (χ4v) is 3.67. The Labute approximate surface area is 161 Å². The number of para-hydroxylation sites is 1. The molecule has 0 bridgehead atoms. The summed E-state index contributed by atoms with van der Waals surface area (Å²) in [5.74, 6) is 0.151. The molecule has 2 amide bonds. The monoisotopic (exact) mass is 378 g/mol. The molecule has 0 aliphatic carbocycles. The van der Waals surface area contributed by atoms with E-state index in [9.17, 15) is 9.59 Å². The fourth-order valence-electron chi connectivity index (χ4n) is 3.67. The van der Waals surface area contributed by atoms with Gasteiger partial charge in [-0.15, -0.1) is 0 Å². The average molecular weight is 378 g/mol. The summed E-state index contributed by atoms with van der Waals surface area (Å²) in [5, 5.41) is 2.79. The van der Waals surface area contributed by atoms with Gasteiger partial charge in [0, 0.05) is 25.2 Å². The number of anilines is 3. The van der Waals surface area contributed by atoms with Crippen molar-refractivity contribution in [2.45, 2.75) is 12.3 Å². The molecule has 1 aromatic carbocycles. The van der Waals surface area contributed by atoms with Crippen molar-refractivity contribution in [1.29, 1.82) is 0 Å². The number of nitrogens with one attached hydrogen (secondary N) is 1. The molecule has 1 fully saturated rings. The van der Waals surface area contributed by atoms with Gasteiger partial charge < -0.3 is 15.0 Å². The predicted octanol–water partition coefficient (Wildman–Crippen LogP) is 1.45. The van der Waals surface area contributed by atoms with E-state index >= 15 is 0 Å². The van der Waals surface area contributed by atoms with Crippen LogP contribution in [0.3, 0.4) is 0 Å². The summed E-state index contributed by atoms with van der Waals surface area (Å²) >= 11 is 0. The Kier molecular flexibility index (Phi) is 4.01. The van der Waals surface area contributed by atoms with Crippen LogP contribution in [0.1, 0.15) is 17.9 Å². The molecule has 0 saturated carbocycles. The number of aliphatic imine (C=N–C) groups is 1. The van der Waals surface area contributed by atoms with E-state index < -0.39 is 5.92 Å². The quantitative estimate of drug-likeness (QED) is 0.849. The van der Waals surface area contributed by atoms with E-state index in [2.05, 4.69) is 20.3 Å².